The Labute approximate surface area is 123 Å². The topological polar surface area (TPSA) is 115 Å². The molecule has 0 aliphatic rings. The van der Waals surface area contributed by atoms with Gasteiger partial charge in [0.15, 0.2) is 5.82 Å². The Morgan fingerprint density at radius 1 is 1.38 bits per heavy atom. The average Bonchev–Trinajstić information content (AvgIpc) is 2.92. The molecule has 0 atom stereocenters. The molecule has 0 saturated heterocycles. The SMILES string of the molecule is CCn1cnnc1CNc1ccc(S(=O)(=O)NC)c(N)c1. The van der Waals surface area contributed by atoms with Crippen LogP contribution in [-0.4, -0.2) is 30.2 Å². The second-order valence-corrected chi connectivity index (χ2v) is 6.20. The van der Waals surface area contributed by atoms with Crippen molar-refractivity contribution in [1.29, 1.82) is 0 Å². The first-order valence-corrected chi connectivity index (χ1v) is 7.90. The molecule has 0 bridgehead atoms. The molecule has 0 spiro atoms. The molecule has 0 aliphatic carbocycles. The van der Waals surface area contributed by atoms with E-state index in [1.165, 1.54) is 13.1 Å². The summed E-state index contributed by atoms with van der Waals surface area (Å²) < 4.78 is 27.6. The molecule has 0 amide bonds. The monoisotopic (exact) mass is 310 g/mol. The summed E-state index contributed by atoms with van der Waals surface area (Å²) in [5.41, 5.74) is 6.70. The third-order valence-electron chi connectivity index (χ3n) is 3.06. The quantitative estimate of drug-likeness (QED) is 0.665. The van der Waals surface area contributed by atoms with Gasteiger partial charge in [0.1, 0.15) is 11.2 Å². The van der Waals surface area contributed by atoms with Crippen molar-refractivity contribution in [3.63, 3.8) is 0 Å². The summed E-state index contributed by atoms with van der Waals surface area (Å²) in [5, 5.41) is 11.0. The minimum atomic E-state index is -3.54. The predicted octanol–water partition coefficient (Wildman–Crippen LogP) is 0.400. The average molecular weight is 310 g/mol. The first kappa shape index (κ1) is 15.3. The number of aryl methyl sites for hydroxylation is 1. The van der Waals surface area contributed by atoms with Gasteiger partial charge in [-0.2, -0.15) is 0 Å². The number of hydrogen-bond acceptors (Lipinski definition) is 6. The molecule has 1 aromatic heterocycles. The minimum absolute atomic E-state index is 0.0623. The lowest BCUT2D eigenvalue weighted by atomic mass is 10.3. The van der Waals surface area contributed by atoms with E-state index in [9.17, 15) is 8.42 Å². The first-order valence-electron chi connectivity index (χ1n) is 6.41. The van der Waals surface area contributed by atoms with E-state index in [1.54, 1.807) is 18.5 Å². The van der Waals surface area contributed by atoms with Gasteiger partial charge in [-0.25, -0.2) is 13.1 Å². The van der Waals surface area contributed by atoms with Crippen LogP contribution in [0.3, 0.4) is 0 Å². The number of hydrogen-bond donors (Lipinski definition) is 3. The van der Waals surface area contributed by atoms with Crippen molar-refractivity contribution in [2.45, 2.75) is 24.9 Å². The van der Waals surface area contributed by atoms with Crippen LogP contribution in [0, 0.1) is 0 Å². The highest BCUT2D eigenvalue weighted by molar-refractivity contribution is 7.89. The maximum absolute atomic E-state index is 11.7. The Hall–Kier alpha value is -2.13. The van der Waals surface area contributed by atoms with E-state index in [0.29, 0.717) is 12.2 Å². The minimum Gasteiger partial charge on any atom is -0.398 e. The summed E-state index contributed by atoms with van der Waals surface area (Å²) in [6, 6.07) is 4.71. The van der Waals surface area contributed by atoms with Gasteiger partial charge < -0.3 is 15.6 Å². The smallest absolute Gasteiger partial charge is 0.242 e. The van der Waals surface area contributed by atoms with Gasteiger partial charge in [0, 0.05) is 12.2 Å². The number of anilines is 2. The molecule has 1 heterocycles. The van der Waals surface area contributed by atoms with Gasteiger partial charge in [0.2, 0.25) is 10.0 Å². The molecule has 9 heteroatoms. The number of nitrogens with zero attached hydrogens (tertiary/aromatic N) is 3. The summed E-state index contributed by atoms with van der Waals surface area (Å²) in [7, 11) is -2.20. The number of nitrogens with two attached hydrogens (primary N) is 1. The Kier molecular flexibility index (Phi) is 4.43. The van der Waals surface area contributed by atoms with Gasteiger partial charge in [-0.15, -0.1) is 10.2 Å². The molecule has 4 N–H and O–H groups in total. The Balaban J connectivity index is 2.14. The van der Waals surface area contributed by atoms with Crippen molar-refractivity contribution < 1.29 is 8.42 Å². The van der Waals surface area contributed by atoms with Crippen LogP contribution in [0.15, 0.2) is 29.4 Å². The van der Waals surface area contributed by atoms with Crippen LogP contribution in [0.4, 0.5) is 11.4 Å². The van der Waals surface area contributed by atoms with Crippen LogP contribution >= 0.6 is 0 Å². The lowest BCUT2D eigenvalue weighted by molar-refractivity contribution is 0.588. The molecule has 2 aromatic rings. The number of nitrogens with one attached hydrogen (secondary N) is 2. The molecule has 0 aliphatic heterocycles. The highest BCUT2D eigenvalue weighted by Gasteiger charge is 2.15. The standard InChI is InChI=1S/C12H18N6O2S/c1-3-18-8-16-17-12(18)7-15-9-4-5-11(10(13)6-9)21(19,20)14-2/h4-6,8,14-15H,3,7,13H2,1-2H3. The van der Waals surface area contributed by atoms with Crippen LogP contribution in [0.2, 0.25) is 0 Å². The molecular formula is C12H18N6O2S. The van der Waals surface area contributed by atoms with Crippen LogP contribution in [0.5, 0.6) is 0 Å². The number of sulfonamides is 1. The summed E-state index contributed by atoms with van der Waals surface area (Å²) in [6.07, 6.45) is 1.66. The summed E-state index contributed by atoms with van der Waals surface area (Å²) in [5.74, 6) is 0.794. The summed E-state index contributed by atoms with van der Waals surface area (Å²) in [4.78, 5) is 0.0623. The fourth-order valence-corrected chi connectivity index (χ4v) is 2.71. The molecular weight excluding hydrogens is 292 g/mol. The van der Waals surface area contributed by atoms with E-state index in [2.05, 4.69) is 20.2 Å². The van der Waals surface area contributed by atoms with Crippen LogP contribution in [0.25, 0.3) is 0 Å². The molecule has 0 fully saturated rings. The number of rotatable bonds is 6. The zero-order chi connectivity index (χ0) is 15.5. The first-order chi connectivity index (χ1) is 9.97. The van der Waals surface area contributed by atoms with Gasteiger partial charge in [0.25, 0.3) is 0 Å². The van der Waals surface area contributed by atoms with E-state index in [-0.39, 0.29) is 10.6 Å². The van der Waals surface area contributed by atoms with Crippen molar-refractivity contribution in [3.05, 3.63) is 30.4 Å². The maximum atomic E-state index is 11.7. The second kappa shape index (κ2) is 6.10. The molecule has 0 unspecified atom stereocenters. The molecule has 8 nitrogen and oxygen atoms in total. The van der Waals surface area contributed by atoms with Crippen molar-refractivity contribution in [2.75, 3.05) is 18.1 Å². The van der Waals surface area contributed by atoms with Gasteiger partial charge >= 0.3 is 0 Å². The van der Waals surface area contributed by atoms with Gasteiger partial charge in [-0.3, -0.25) is 0 Å². The molecule has 114 valence electrons. The van der Waals surface area contributed by atoms with Gasteiger partial charge in [-0.1, -0.05) is 0 Å². The zero-order valence-electron chi connectivity index (χ0n) is 11.9. The Morgan fingerprint density at radius 3 is 2.76 bits per heavy atom. The second-order valence-electron chi connectivity index (χ2n) is 4.35. The normalized spacial score (nSPS) is 11.5. The highest BCUT2D eigenvalue weighted by Crippen LogP contribution is 2.22. The van der Waals surface area contributed by atoms with Crippen LogP contribution in [0.1, 0.15) is 12.7 Å². The van der Waals surface area contributed by atoms with Crippen LogP contribution < -0.4 is 15.8 Å². The fourth-order valence-electron chi connectivity index (χ4n) is 1.87. The molecule has 0 radical (unpaired) electrons. The third kappa shape index (κ3) is 3.31. The van der Waals surface area contributed by atoms with E-state index in [4.69, 9.17) is 5.73 Å². The highest BCUT2D eigenvalue weighted by atomic mass is 32.2. The van der Waals surface area contributed by atoms with E-state index in [0.717, 1.165) is 12.4 Å². The molecule has 0 saturated carbocycles. The van der Waals surface area contributed by atoms with Crippen LogP contribution in [-0.2, 0) is 23.1 Å². The number of aromatic nitrogens is 3. The maximum Gasteiger partial charge on any atom is 0.242 e. The molecule has 2 rings (SSSR count). The summed E-state index contributed by atoms with van der Waals surface area (Å²) in [6.45, 7) is 3.26. The predicted molar refractivity (Wildman–Crippen MR) is 80.1 cm³/mol. The van der Waals surface area contributed by atoms with Crippen molar-refractivity contribution in [2.24, 2.45) is 0 Å². The van der Waals surface area contributed by atoms with Crippen molar-refractivity contribution in [1.82, 2.24) is 19.5 Å². The third-order valence-corrected chi connectivity index (χ3v) is 4.54. The van der Waals surface area contributed by atoms with Crippen molar-refractivity contribution >= 4 is 21.4 Å². The largest absolute Gasteiger partial charge is 0.398 e. The van der Waals surface area contributed by atoms with E-state index < -0.39 is 10.0 Å². The van der Waals surface area contributed by atoms with Gasteiger partial charge in [0.05, 0.1) is 12.2 Å². The number of nitrogen functional groups attached to an aromatic ring is 1. The van der Waals surface area contributed by atoms with E-state index in [1.807, 2.05) is 11.5 Å². The molecule has 21 heavy (non-hydrogen) atoms. The Bertz CT molecular complexity index is 725. The number of benzene rings is 1. The zero-order valence-corrected chi connectivity index (χ0v) is 12.7. The fraction of sp³-hybridized carbons (Fsp3) is 0.333. The van der Waals surface area contributed by atoms with E-state index >= 15 is 0 Å². The summed E-state index contributed by atoms with van der Waals surface area (Å²) >= 11 is 0. The lowest BCUT2D eigenvalue weighted by Crippen LogP contribution is -2.20. The van der Waals surface area contributed by atoms with Crippen molar-refractivity contribution in [3.8, 4) is 0 Å². The van der Waals surface area contributed by atoms with Gasteiger partial charge in [-0.05, 0) is 32.2 Å². The Morgan fingerprint density at radius 2 is 2.14 bits per heavy atom. The lowest BCUT2D eigenvalue weighted by Gasteiger charge is -2.10. The molecule has 1 aromatic carbocycles.